The molecule has 0 radical (unpaired) electrons. The maximum Gasteiger partial charge on any atom is 0.225 e. The first-order chi connectivity index (χ1) is 24.4. The van der Waals surface area contributed by atoms with Gasteiger partial charge in [0.15, 0.2) is 0 Å². The van der Waals surface area contributed by atoms with E-state index in [4.69, 9.17) is 4.74 Å². The standard InChI is InChI=1S/C44H75NO7/c1-12-36-25-31(7)44(45-43(36)51)35(11)42(50)34(10)40(52-44)26-39(48)29(5)20-16-13-15-19-28(4)37(27(2)3)21-17-14-18-22-38(47)33(9)41(49)30(6)23-24-32(8)46/h13-15,17-19,22,27,29-31,33-42,47-50H,12,16,20-21,23-26H2,1-11H3,(H,45,51)/b15-13+,17-14+,22-18+,28-19+/t29-,30+,31-,33-,34-,35-,36-,37+,38-,39-,40-,41-,42-,44+/m0/s1. The highest BCUT2D eigenvalue weighted by Gasteiger charge is 2.57. The number of hydrogen-bond acceptors (Lipinski definition) is 7. The molecule has 2 heterocycles. The maximum atomic E-state index is 12.9. The zero-order valence-electron chi connectivity index (χ0n) is 34.3. The molecule has 0 unspecified atom stereocenters. The van der Waals surface area contributed by atoms with Gasteiger partial charge in [0.05, 0.1) is 30.5 Å². The van der Waals surface area contributed by atoms with Gasteiger partial charge in [-0.1, -0.05) is 110 Å². The number of carbonyl (C=O) groups excluding carboxylic acids is 2. The molecule has 2 aliphatic heterocycles. The van der Waals surface area contributed by atoms with E-state index in [2.05, 4.69) is 64.2 Å². The van der Waals surface area contributed by atoms with Gasteiger partial charge in [-0.05, 0) is 76.0 Å². The average molecular weight is 730 g/mol. The third kappa shape index (κ3) is 12.8. The van der Waals surface area contributed by atoms with Gasteiger partial charge >= 0.3 is 0 Å². The summed E-state index contributed by atoms with van der Waals surface area (Å²) < 4.78 is 6.70. The lowest BCUT2D eigenvalue weighted by Gasteiger charge is -2.56. The summed E-state index contributed by atoms with van der Waals surface area (Å²) in [6.07, 6.45) is 16.6. The number of piperidine rings is 1. The number of aliphatic hydroxyl groups is 4. The van der Waals surface area contributed by atoms with Crippen LogP contribution in [0, 0.1) is 53.3 Å². The second-order valence-corrected chi connectivity index (χ2v) is 17.0. The molecule has 1 amide bonds. The van der Waals surface area contributed by atoms with Crippen molar-refractivity contribution in [3.05, 3.63) is 48.1 Å². The van der Waals surface area contributed by atoms with Crippen LogP contribution < -0.4 is 5.32 Å². The van der Waals surface area contributed by atoms with Gasteiger partial charge in [0, 0.05) is 42.4 Å². The van der Waals surface area contributed by atoms with E-state index >= 15 is 0 Å². The summed E-state index contributed by atoms with van der Waals surface area (Å²) >= 11 is 0. The summed E-state index contributed by atoms with van der Waals surface area (Å²) in [4.78, 5) is 24.2. The van der Waals surface area contributed by atoms with Crippen molar-refractivity contribution in [3.63, 3.8) is 0 Å². The van der Waals surface area contributed by atoms with Crippen molar-refractivity contribution in [1.82, 2.24) is 5.32 Å². The fourth-order valence-electron chi connectivity index (χ4n) is 8.27. The molecule has 2 fully saturated rings. The Morgan fingerprint density at radius 1 is 0.981 bits per heavy atom. The number of rotatable bonds is 20. The second-order valence-electron chi connectivity index (χ2n) is 17.0. The van der Waals surface area contributed by atoms with Crippen LogP contribution in [0.25, 0.3) is 0 Å². The predicted octanol–water partition coefficient (Wildman–Crippen LogP) is 7.70. The monoisotopic (exact) mass is 730 g/mol. The van der Waals surface area contributed by atoms with Gasteiger partial charge in [0.1, 0.15) is 11.5 Å². The molecule has 14 atom stereocenters. The Balaban J connectivity index is 1.88. The lowest BCUT2D eigenvalue weighted by molar-refractivity contribution is -0.267. The molecule has 2 aliphatic rings. The van der Waals surface area contributed by atoms with Gasteiger partial charge in [0.25, 0.3) is 0 Å². The third-order valence-electron chi connectivity index (χ3n) is 12.6. The zero-order chi connectivity index (χ0) is 39.3. The molecular formula is C44H75NO7. The van der Waals surface area contributed by atoms with Crippen LogP contribution >= 0.6 is 0 Å². The predicted molar refractivity (Wildman–Crippen MR) is 211 cm³/mol. The number of ketones is 1. The van der Waals surface area contributed by atoms with Crippen LogP contribution in [0.15, 0.2) is 48.1 Å². The van der Waals surface area contributed by atoms with Crippen molar-refractivity contribution in [3.8, 4) is 0 Å². The van der Waals surface area contributed by atoms with Crippen LogP contribution in [0.5, 0.6) is 0 Å². The molecule has 8 heteroatoms. The topological polar surface area (TPSA) is 136 Å². The highest BCUT2D eigenvalue weighted by atomic mass is 16.5. The number of nitrogens with one attached hydrogen (secondary N) is 1. The molecule has 1 spiro atoms. The summed E-state index contributed by atoms with van der Waals surface area (Å²) in [7, 11) is 0. The van der Waals surface area contributed by atoms with E-state index in [0.29, 0.717) is 31.1 Å². The first kappa shape index (κ1) is 46.1. The van der Waals surface area contributed by atoms with Gasteiger partial charge in [0.2, 0.25) is 5.91 Å². The van der Waals surface area contributed by atoms with Crippen LogP contribution in [0.1, 0.15) is 128 Å². The fourth-order valence-corrected chi connectivity index (χ4v) is 8.27. The van der Waals surface area contributed by atoms with Crippen LogP contribution in [-0.4, -0.2) is 68.4 Å². The van der Waals surface area contributed by atoms with Crippen molar-refractivity contribution >= 4 is 11.7 Å². The Morgan fingerprint density at radius 2 is 1.65 bits per heavy atom. The number of aliphatic hydroxyl groups excluding tert-OH is 4. The Bertz CT molecular complexity index is 1220. The van der Waals surface area contributed by atoms with Crippen molar-refractivity contribution < 1.29 is 34.8 Å². The Morgan fingerprint density at radius 3 is 2.27 bits per heavy atom. The first-order valence-corrected chi connectivity index (χ1v) is 20.3. The van der Waals surface area contributed by atoms with E-state index in [0.717, 1.165) is 32.1 Å². The van der Waals surface area contributed by atoms with E-state index < -0.39 is 30.1 Å². The molecule has 5 N–H and O–H groups in total. The van der Waals surface area contributed by atoms with E-state index in [-0.39, 0.29) is 59.2 Å². The largest absolute Gasteiger partial charge is 0.393 e. The number of hydrogen-bond donors (Lipinski definition) is 5. The van der Waals surface area contributed by atoms with Crippen LogP contribution in [0.4, 0.5) is 0 Å². The second kappa shape index (κ2) is 21.7. The van der Waals surface area contributed by atoms with Crippen LogP contribution in [-0.2, 0) is 14.3 Å². The summed E-state index contributed by atoms with van der Waals surface area (Å²) in [5.74, 6) is 0.194. The Labute approximate surface area is 316 Å². The molecule has 8 nitrogen and oxygen atoms in total. The minimum atomic E-state index is -0.918. The molecule has 2 saturated heterocycles. The van der Waals surface area contributed by atoms with Crippen molar-refractivity contribution in [2.75, 3.05) is 0 Å². The van der Waals surface area contributed by atoms with E-state index in [1.54, 1.807) is 13.0 Å². The molecule has 0 aromatic heterocycles. The number of amides is 1. The first-order valence-electron chi connectivity index (χ1n) is 20.3. The van der Waals surface area contributed by atoms with Crippen molar-refractivity contribution in [1.29, 1.82) is 0 Å². The Hall–Kier alpha value is -2.10. The fraction of sp³-hybridized carbons (Fsp3) is 0.773. The number of allylic oxidation sites excluding steroid dienone is 7. The van der Waals surface area contributed by atoms with Crippen LogP contribution in [0.2, 0.25) is 0 Å². The number of carbonyl (C=O) groups is 2. The molecule has 0 saturated carbocycles. The molecule has 0 bridgehead atoms. The quantitative estimate of drug-likeness (QED) is 0.0811. The highest BCUT2D eigenvalue weighted by molar-refractivity contribution is 5.80. The summed E-state index contributed by atoms with van der Waals surface area (Å²) in [5, 5.41) is 46.8. The smallest absolute Gasteiger partial charge is 0.225 e. The normalized spacial score (nSPS) is 31.6. The number of Topliss-reactive ketones (excluding diaryl/α,β-unsaturated/α-hetero) is 1. The minimum absolute atomic E-state index is 0.00449. The number of ether oxygens (including phenoxy) is 1. The van der Waals surface area contributed by atoms with Gasteiger partial charge in [-0.2, -0.15) is 0 Å². The highest BCUT2D eigenvalue weighted by Crippen LogP contribution is 2.46. The maximum absolute atomic E-state index is 12.9. The van der Waals surface area contributed by atoms with Crippen LogP contribution in [0.3, 0.4) is 0 Å². The summed E-state index contributed by atoms with van der Waals surface area (Å²) in [5.41, 5.74) is 0.377. The molecule has 0 aliphatic carbocycles. The molecular weight excluding hydrogens is 654 g/mol. The minimum Gasteiger partial charge on any atom is -0.393 e. The summed E-state index contributed by atoms with van der Waals surface area (Å²) in [6, 6.07) is 0. The van der Waals surface area contributed by atoms with E-state index in [1.807, 2.05) is 46.8 Å². The lowest BCUT2D eigenvalue weighted by atomic mass is 9.69. The van der Waals surface area contributed by atoms with Crippen molar-refractivity contribution in [2.45, 2.75) is 164 Å². The SMILES string of the molecule is CC[C@H]1C[C@H](C)[C@@]2(NC1=O)O[C@@H](C[C@H](O)[C@@H](C)CC/C=C/C=C(\C)[C@H](C/C=C/C=C/[C@H](O)[C@H](C)[C@@H](O)[C@H](C)CCC(C)=O)C(C)C)[C@H](C)[C@H](O)[C@@H]2C. The lowest BCUT2D eigenvalue weighted by Crippen LogP contribution is -2.71. The zero-order valence-corrected chi connectivity index (χ0v) is 34.3. The summed E-state index contributed by atoms with van der Waals surface area (Å²) in [6.45, 7) is 22.1. The molecule has 2 rings (SSSR count). The van der Waals surface area contributed by atoms with E-state index in [1.165, 1.54) is 5.57 Å². The molecule has 298 valence electrons. The van der Waals surface area contributed by atoms with Gasteiger partial charge in [-0.15, -0.1) is 0 Å². The average Bonchev–Trinajstić information content (AvgIpc) is 3.09. The van der Waals surface area contributed by atoms with Crippen molar-refractivity contribution in [2.24, 2.45) is 53.3 Å². The third-order valence-corrected chi connectivity index (χ3v) is 12.6. The molecule has 52 heavy (non-hydrogen) atoms. The Kier molecular flexibility index (Phi) is 19.2. The van der Waals surface area contributed by atoms with E-state index in [9.17, 15) is 30.0 Å². The molecule has 0 aromatic rings. The van der Waals surface area contributed by atoms with Gasteiger partial charge < -0.3 is 35.3 Å². The van der Waals surface area contributed by atoms with Gasteiger partial charge in [-0.25, -0.2) is 0 Å². The van der Waals surface area contributed by atoms with Gasteiger partial charge in [-0.3, -0.25) is 4.79 Å². The molecule has 0 aromatic carbocycles.